The summed E-state index contributed by atoms with van der Waals surface area (Å²) in [6, 6.07) is 5.72. The molecule has 0 fully saturated rings. The molecule has 0 spiro atoms. The highest BCUT2D eigenvalue weighted by Crippen LogP contribution is 2.19. The van der Waals surface area contributed by atoms with Gasteiger partial charge in [0.1, 0.15) is 21.9 Å². The van der Waals surface area contributed by atoms with Gasteiger partial charge < -0.3 is 9.29 Å². The summed E-state index contributed by atoms with van der Waals surface area (Å²) in [5, 5.41) is 0. The molecule has 0 heterocycles. The van der Waals surface area contributed by atoms with Crippen LogP contribution in [0.2, 0.25) is 0 Å². The molecule has 17 heavy (non-hydrogen) atoms. The molecular formula is C13H19NO2S. The van der Waals surface area contributed by atoms with Crippen molar-refractivity contribution < 1.29 is 9.29 Å². The smallest absolute Gasteiger partial charge is 0.144 e. The number of nitrogens with zero attached hydrogens (tertiary/aromatic N) is 1. The van der Waals surface area contributed by atoms with Crippen molar-refractivity contribution in [3.8, 4) is 5.75 Å². The van der Waals surface area contributed by atoms with E-state index in [-0.39, 0.29) is 4.75 Å². The topological polar surface area (TPSA) is 44.6 Å². The average Bonchev–Trinajstić information content (AvgIpc) is 2.25. The Bertz CT molecular complexity index is 410. The summed E-state index contributed by atoms with van der Waals surface area (Å²) in [6.45, 7) is 7.69. The number of hydrogen-bond acceptors (Lipinski definition) is 3. The van der Waals surface area contributed by atoms with Crippen LogP contribution in [0.25, 0.3) is 0 Å². The number of benzene rings is 1. The van der Waals surface area contributed by atoms with E-state index in [9.17, 15) is 4.55 Å². The average molecular weight is 253 g/mol. The lowest BCUT2D eigenvalue weighted by atomic mass is 10.1. The number of aryl methyl sites for hydroxylation is 1. The van der Waals surface area contributed by atoms with Gasteiger partial charge in [-0.3, -0.25) is 0 Å². The van der Waals surface area contributed by atoms with Crippen molar-refractivity contribution in [3.05, 3.63) is 29.3 Å². The first-order valence-corrected chi connectivity index (χ1v) is 6.56. The second kappa shape index (κ2) is 5.56. The Morgan fingerprint density at radius 2 is 2.00 bits per heavy atom. The van der Waals surface area contributed by atoms with Gasteiger partial charge in [0, 0.05) is 5.56 Å². The molecule has 1 unspecified atom stereocenters. The van der Waals surface area contributed by atoms with E-state index in [4.69, 9.17) is 4.74 Å². The molecule has 0 saturated carbocycles. The zero-order valence-corrected chi connectivity index (χ0v) is 11.8. The normalized spacial score (nSPS) is 14.0. The van der Waals surface area contributed by atoms with Crippen LogP contribution in [0.4, 0.5) is 0 Å². The van der Waals surface area contributed by atoms with Crippen molar-refractivity contribution in [1.29, 1.82) is 0 Å². The van der Waals surface area contributed by atoms with E-state index in [1.807, 2.05) is 45.9 Å². The molecule has 1 atom stereocenters. The van der Waals surface area contributed by atoms with Gasteiger partial charge in [0.05, 0.1) is 13.3 Å². The fourth-order valence-electron chi connectivity index (χ4n) is 1.18. The Hall–Kier alpha value is -1.00. The van der Waals surface area contributed by atoms with Crippen molar-refractivity contribution in [3.63, 3.8) is 0 Å². The molecule has 0 N–H and O–H groups in total. The molecule has 0 aliphatic rings. The van der Waals surface area contributed by atoms with Crippen molar-refractivity contribution in [2.45, 2.75) is 32.4 Å². The lowest BCUT2D eigenvalue weighted by Crippen LogP contribution is -2.25. The predicted octanol–water partition coefficient (Wildman–Crippen LogP) is 2.88. The molecule has 0 aliphatic heterocycles. The van der Waals surface area contributed by atoms with Crippen LogP contribution >= 0.6 is 0 Å². The third-order valence-electron chi connectivity index (χ3n) is 2.29. The second-order valence-electron chi connectivity index (χ2n) is 4.82. The van der Waals surface area contributed by atoms with Crippen LogP contribution in [0.15, 0.2) is 22.6 Å². The first kappa shape index (κ1) is 14.1. The van der Waals surface area contributed by atoms with E-state index < -0.39 is 11.4 Å². The van der Waals surface area contributed by atoms with Crippen molar-refractivity contribution >= 4 is 17.6 Å². The molecule has 4 heteroatoms. The largest absolute Gasteiger partial charge is 0.591 e. The lowest BCUT2D eigenvalue weighted by Gasteiger charge is -2.17. The molecule has 0 aromatic heterocycles. The molecule has 0 saturated heterocycles. The summed E-state index contributed by atoms with van der Waals surface area (Å²) < 4.78 is 20.7. The molecule has 0 radical (unpaired) electrons. The first-order valence-electron chi connectivity index (χ1n) is 5.45. The molecule has 94 valence electrons. The molecule has 1 aromatic carbocycles. The van der Waals surface area contributed by atoms with Crippen LogP contribution < -0.4 is 4.74 Å². The number of rotatable bonds is 3. The van der Waals surface area contributed by atoms with Crippen molar-refractivity contribution in [1.82, 2.24) is 0 Å². The summed E-state index contributed by atoms with van der Waals surface area (Å²) in [4.78, 5) is 0. The van der Waals surface area contributed by atoms with E-state index in [1.165, 1.54) is 0 Å². The van der Waals surface area contributed by atoms with E-state index in [2.05, 4.69) is 4.40 Å². The summed E-state index contributed by atoms with van der Waals surface area (Å²) in [7, 11) is 1.64. The van der Waals surface area contributed by atoms with Crippen LogP contribution in [-0.4, -0.2) is 22.6 Å². The molecule has 0 bridgehead atoms. The van der Waals surface area contributed by atoms with Gasteiger partial charge in [-0.2, -0.15) is 0 Å². The third-order valence-corrected chi connectivity index (χ3v) is 3.63. The van der Waals surface area contributed by atoms with E-state index in [0.29, 0.717) is 0 Å². The molecular weight excluding hydrogens is 234 g/mol. The minimum atomic E-state index is -1.22. The minimum Gasteiger partial charge on any atom is -0.591 e. The summed E-state index contributed by atoms with van der Waals surface area (Å²) in [5.74, 6) is 0.816. The van der Waals surface area contributed by atoms with Gasteiger partial charge in [-0.15, -0.1) is 0 Å². The van der Waals surface area contributed by atoms with Crippen molar-refractivity contribution in [2.24, 2.45) is 4.40 Å². The maximum atomic E-state index is 11.8. The Kier molecular flexibility index (Phi) is 4.60. The van der Waals surface area contributed by atoms with E-state index in [0.717, 1.165) is 16.9 Å². The molecule has 3 nitrogen and oxygen atoms in total. The number of methoxy groups -OCH3 is 1. The van der Waals surface area contributed by atoms with Crippen molar-refractivity contribution in [2.75, 3.05) is 7.11 Å². The SMILES string of the molecule is COc1ccc(C=N[S+]([O-])C(C)(C)C)c(C)c1. The van der Waals surface area contributed by atoms with Crippen LogP contribution in [0.5, 0.6) is 5.75 Å². The molecule has 0 amide bonds. The van der Waals surface area contributed by atoms with Crippen LogP contribution in [0.3, 0.4) is 0 Å². The van der Waals surface area contributed by atoms with E-state index in [1.54, 1.807) is 13.3 Å². The minimum absolute atomic E-state index is 0.323. The van der Waals surface area contributed by atoms with Gasteiger partial charge in [0.15, 0.2) is 0 Å². The standard InChI is InChI=1S/C13H19NO2S/c1-10-8-12(16-5)7-6-11(10)9-14-17(15)13(2,3)4/h6-9H,1-5H3. The lowest BCUT2D eigenvalue weighted by molar-refractivity contribution is 0.414. The Morgan fingerprint density at radius 3 is 2.47 bits per heavy atom. The number of ether oxygens (including phenoxy) is 1. The molecule has 0 aliphatic carbocycles. The monoisotopic (exact) mass is 253 g/mol. The predicted molar refractivity (Wildman–Crippen MR) is 73.2 cm³/mol. The Morgan fingerprint density at radius 1 is 1.35 bits per heavy atom. The maximum absolute atomic E-state index is 11.8. The maximum Gasteiger partial charge on any atom is 0.144 e. The fraction of sp³-hybridized carbons (Fsp3) is 0.462. The highest BCUT2D eigenvalue weighted by atomic mass is 32.2. The Balaban J connectivity index is 2.85. The zero-order chi connectivity index (χ0) is 13.1. The van der Waals surface area contributed by atoms with Crippen LogP contribution in [0, 0.1) is 6.92 Å². The Labute approximate surface area is 106 Å². The zero-order valence-electron chi connectivity index (χ0n) is 11.0. The van der Waals surface area contributed by atoms with Gasteiger partial charge in [-0.05, 0) is 51.5 Å². The first-order chi connectivity index (χ1) is 7.84. The van der Waals surface area contributed by atoms with E-state index >= 15 is 0 Å². The van der Waals surface area contributed by atoms with Crippen LogP contribution in [0.1, 0.15) is 31.9 Å². The summed E-state index contributed by atoms with van der Waals surface area (Å²) in [5.41, 5.74) is 2.02. The van der Waals surface area contributed by atoms with Gasteiger partial charge in [0.2, 0.25) is 0 Å². The van der Waals surface area contributed by atoms with Crippen LogP contribution in [-0.2, 0) is 11.4 Å². The highest BCUT2D eigenvalue weighted by molar-refractivity contribution is 7.91. The third kappa shape index (κ3) is 4.06. The second-order valence-corrected chi connectivity index (χ2v) is 6.75. The quantitative estimate of drug-likeness (QED) is 0.614. The summed E-state index contributed by atoms with van der Waals surface area (Å²) in [6.07, 6.45) is 1.66. The fourth-order valence-corrected chi connectivity index (χ4v) is 1.71. The summed E-state index contributed by atoms with van der Waals surface area (Å²) >= 11 is -1.22. The van der Waals surface area contributed by atoms with Gasteiger partial charge >= 0.3 is 0 Å². The molecule has 1 aromatic rings. The highest BCUT2D eigenvalue weighted by Gasteiger charge is 2.25. The number of hydrogen-bond donors (Lipinski definition) is 0. The van der Waals surface area contributed by atoms with Gasteiger partial charge in [-0.25, -0.2) is 0 Å². The molecule has 1 rings (SSSR count). The van der Waals surface area contributed by atoms with Gasteiger partial charge in [0.25, 0.3) is 0 Å². The van der Waals surface area contributed by atoms with Gasteiger partial charge in [-0.1, -0.05) is 4.40 Å².